The fourth-order valence-corrected chi connectivity index (χ4v) is 2.54. The summed E-state index contributed by atoms with van der Waals surface area (Å²) in [7, 11) is 0. The molecule has 0 amide bonds. The number of allylic oxidation sites excluding steroid dienone is 1. The number of hydrogen-bond donors (Lipinski definition) is 0. The molecule has 74 valence electrons. The minimum absolute atomic E-state index is 0.0978. The van der Waals surface area contributed by atoms with Gasteiger partial charge >= 0.3 is 0 Å². The van der Waals surface area contributed by atoms with E-state index in [0.29, 0.717) is 11.8 Å². The van der Waals surface area contributed by atoms with Crippen molar-refractivity contribution in [2.75, 3.05) is 0 Å². The fraction of sp³-hybridized carbons (Fsp3) is 0.750. The highest BCUT2D eigenvalue weighted by Crippen LogP contribution is 2.44. The molecule has 1 fully saturated rings. The molecular weight excluding hydrogens is 160 g/mol. The maximum absolute atomic E-state index is 11.2. The van der Waals surface area contributed by atoms with E-state index in [1.165, 1.54) is 19.1 Å². The van der Waals surface area contributed by atoms with Crippen LogP contribution in [0.1, 0.15) is 39.5 Å². The van der Waals surface area contributed by atoms with Crippen molar-refractivity contribution < 1.29 is 4.79 Å². The van der Waals surface area contributed by atoms with E-state index in [9.17, 15) is 4.79 Å². The lowest BCUT2D eigenvalue weighted by Gasteiger charge is -2.40. The first-order valence-electron chi connectivity index (χ1n) is 5.22. The van der Waals surface area contributed by atoms with Crippen LogP contribution in [-0.2, 0) is 4.79 Å². The van der Waals surface area contributed by atoms with E-state index in [2.05, 4.69) is 20.4 Å². The van der Waals surface area contributed by atoms with Gasteiger partial charge in [-0.3, -0.25) is 0 Å². The van der Waals surface area contributed by atoms with Crippen molar-refractivity contribution in [3.8, 4) is 0 Å². The van der Waals surface area contributed by atoms with Gasteiger partial charge in [0.25, 0.3) is 0 Å². The lowest BCUT2D eigenvalue weighted by molar-refractivity contribution is -0.121. The van der Waals surface area contributed by atoms with Gasteiger partial charge in [0.1, 0.15) is 6.29 Å². The second-order valence-corrected chi connectivity index (χ2v) is 4.63. The molecule has 0 radical (unpaired) electrons. The lowest BCUT2D eigenvalue weighted by atomic mass is 9.63. The molecule has 0 aromatic carbocycles. The van der Waals surface area contributed by atoms with Crippen molar-refractivity contribution in [3.63, 3.8) is 0 Å². The zero-order valence-corrected chi connectivity index (χ0v) is 8.75. The van der Waals surface area contributed by atoms with Gasteiger partial charge in [0.05, 0.1) is 0 Å². The molecule has 1 rings (SSSR count). The first-order chi connectivity index (χ1) is 6.14. The average molecular weight is 180 g/mol. The van der Waals surface area contributed by atoms with Gasteiger partial charge in [0, 0.05) is 5.41 Å². The van der Waals surface area contributed by atoms with Crippen molar-refractivity contribution in [2.24, 2.45) is 17.3 Å². The number of rotatable bonds is 3. The van der Waals surface area contributed by atoms with Crippen LogP contribution in [0.25, 0.3) is 0 Å². The van der Waals surface area contributed by atoms with Crippen molar-refractivity contribution >= 4 is 6.29 Å². The summed E-state index contributed by atoms with van der Waals surface area (Å²) in [4.78, 5) is 11.2. The Morgan fingerprint density at radius 3 is 2.69 bits per heavy atom. The maximum Gasteiger partial charge on any atom is 0.126 e. The van der Waals surface area contributed by atoms with Crippen molar-refractivity contribution in [2.45, 2.75) is 39.5 Å². The van der Waals surface area contributed by atoms with E-state index in [1.807, 2.05) is 6.08 Å². The molecule has 1 heteroatoms. The number of carbonyl (C=O) groups excluding carboxylic acids is 1. The van der Waals surface area contributed by atoms with Gasteiger partial charge in [-0.25, -0.2) is 0 Å². The highest BCUT2D eigenvalue weighted by molar-refractivity contribution is 5.60. The van der Waals surface area contributed by atoms with E-state index < -0.39 is 0 Å². The van der Waals surface area contributed by atoms with Gasteiger partial charge in [-0.2, -0.15) is 0 Å². The predicted octanol–water partition coefficient (Wildman–Crippen LogP) is 3.20. The molecule has 0 aromatic heterocycles. The summed E-state index contributed by atoms with van der Waals surface area (Å²) in [5.74, 6) is 1.22. The fourth-order valence-electron chi connectivity index (χ4n) is 2.54. The smallest absolute Gasteiger partial charge is 0.126 e. The Kier molecular flexibility index (Phi) is 3.29. The third-order valence-corrected chi connectivity index (χ3v) is 3.56. The minimum Gasteiger partial charge on any atom is -0.303 e. The second-order valence-electron chi connectivity index (χ2n) is 4.63. The Labute approximate surface area is 81.2 Å². The highest BCUT2D eigenvalue weighted by Gasteiger charge is 2.39. The zero-order valence-electron chi connectivity index (χ0n) is 8.75. The normalized spacial score (nSPS) is 39.8. The maximum atomic E-state index is 11.2. The van der Waals surface area contributed by atoms with Crippen LogP contribution < -0.4 is 0 Å². The van der Waals surface area contributed by atoms with Crippen LogP contribution in [0, 0.1) is 17.3 Å². The molecule has 1 nitrogen and oxygen atoms in total. The summed E-state index contributed by atoms with van der Waals surface area (Å²) in [6.07, 6.45) is 7.42. The molecule has 1 aliphatic carbocycles. The van der Waals surface area contributed by atoms with Crippen LogP contribution in [-0.4, -0.2) is 6.29 Å². The topological polar surface area (TPSA) is 17.1 Å². The summed E-state index contributed by atoms with van der Waals surface area (Å²) >= 11 is 0. The molecule has 1 saturated carbocycles. The molecule has 0 aromatic rings. The SMILES string of the molecule is C=CCC1(C=O)CC(C)CCC1C. The lowest BCUT2D eigenvalue weighted by Crippen LogP contribution is -2.36. The monoisotopic (exact) mass is 180 g/mol. The molecule has 0 spiro atoms. The zero-order chi connectivity index (χ0) is 9.90. The molecular formula is C12H20O. The summed E-state index contributed by atoms with van der Waals surface area (Å²) < 4.78 is 0. The number of aldehydes is 1. The Hall–Kier alpha value is -0.590. The quantitative estimate of drug-likeness (QED) is 0.481. The summed E-state index contributed by atoms with van der Waals surface area (Å²) in [5.41, 5.74) is -0.0978. The van der Waals surface area contributed by atoms with Gasteiger partial charge in [0.2, 0.25) is 0 Å². The molecule has 13 heavy (non-hydrogen) atoms. The largest absolute Gasteiger partial charge is 0.303 e. The molecule has 0 aliphatic heterocycles. The van der Waals surface area contributed by atoms with Crippen molar-refractivity contribution in [3.05, 3.63) is 12.7 Å². The van der Waals surface area contributed by atoms with Gasteiger partial charge in [-0.1, -0.05) is 26.3 Å². The Balaban J connectivity index is 2.79. The predicted molar refractivity (Wildman–Crippen MR) is 55.5 cm³/mol. The van der Waals surface area contributed by atoms with Gasteiger partial charge in [-0.05, 0) is 31.1 Å². The standard InChI is InChI=1S/C12H20O/c1-4-7-12(9-13)8-10(2)5-6-11(12)3/h4,9-11H,1,5-8H2,2-3H3. The first kappa shape index (κ1) is 10.5. The Morgan fingerprint density at radius 1 is 1.46 bits per heavy atom. The molecule has 0 bridgehead atoms. The van der Waals surface area contributed by atoms with Crippen LogP contribution in [0.2, 0.25) is 0 Å². The van der Waals surface area contributed by atoms with Gasteiger partial charge in [0.15, 0.2) is 0 Å². The molecule has 3 atom stereocenters. The third kappa shape index (κ3) is 2.01. The van der Waals surface area contributed by atoms with Gasteiger partial charge < -0.3 is 4.79 Å². The summed E-state index contributed by atoms with van der Waals surface area (Å²) in [6.45, 7) is 8.19. The Bertz CT molecular complexity index is 197. The minimum atomic E-state index is -0.0978. The van der Waals surface area contributed by atoms with Crippen molar-refractivity contribution in [1.82, 2.24) is 0 Å². The van der Waals surface area contributed by atoms with Crippen LogP contribution >= 0.6 is 0 Å². The van der Waals surface area contributed by atoms with E-state index in [0.717, 1.165) is 12.8 Å². The third-order valence-electron chi connectivity index (χ3n) is 3.56. The highest BCUT2D eigenvalue weighted by atomic mass is 16.1. The molecule has 1 aliphatic rings. The molecule has 0 saturated heterocycles. The average Bonchev–Trinajstić information content (AvgIpc) is 2.12. The summed E-state index contributed by atoms with van der Waals surface area (Å²) in [6, 6.07) is 0. The van der Waals surface area contributed by atoms with Crippen LogP contribution in [0.15, 0.2) is 12.7 Å². The second kappa shape index (κ2) is 4.08. The number of hydrogen-bond acceptors (Lipinski definition) is 1. The molecule has 0 N–H and O–H groups in total. The van der Waals surface area contributed by atoms with Crippen LogP contribution in [0.4, 0.5) is 0 Å². The van der Waals surface area contributed by atoms with Crippen LogP contribution in [0.5, 0.6) is 0 Å². The van der Waals surface area contributed by atoms with E-state index in [4.69, 9.17) is 0 Å². The van der Waals surface area contributed by atoms with Gasteiger partial charge in [-0.15, -0.1) is 6.58 Å². The Morgan fingerprint density at radius 2 is 2.15 bits per heavy atom. The first-order valence-corrected chi connectivity index (χ1v) is 5.22. The molecule has 3 unspecified atom stereocenters. The van der Waals surface area contributed by atoms with Crippen LogP contribution in [0.3, 0.4) is 0 Å². The van der Waals surface area contributed by atoms with E-state index in [-0.39, 0.29) is 5.41 Å². The van der Waals surface area contributed by atoms with Crippen molar-refractivity contribution in [1.29, 1.82) is 0 Å². The molecule has 0 heterocycles. The summed E-state index contributed by atoms with van der Waals surface area (Å²) in [5, 5.41) is 0. The van der Waals surface area contributed by atoms with E-state index >= 15 is 0 Å². The number of carbonyl (C=O) groups is 1. The van der Waals surface area contributed by atoms with E-state index in [1.54, 1.807) is 0 Å².